The number of hydrogen-bond acceptors (Lipinski definition) is 3. The lowest BCUT2D eigenvalue weighted by atomic mass is 9.97. The smallest absolute Gasteiger partial charge is 0.310 e. The minimum atomic E-state index is -0.230. The predicted molar refractivity (Wildman–Crippen MR) is 78.9 cm³/mol. The van der Waals surface area contributed by atoms with Crippen molar-refractivity contribution < 1.29 is 14.3 Å². The van der Waals surface area contributed by atoms with Crippen molar-refractivity contribution >= 4 is 22.8 Å². The van der Waals surface area contributed by atoms with Gasteiger partial charge in [-0.15, -0.1) is 0 Å². The molecule has 110 valence electrons. The van der Waals surface area contributed by atoms with Gasteiger partial charge in [0.05, 0.1) is 18.6 Å². The second-order valence-corrected chi connectivity index (χ2v) is 5.36. The van der Waals surface area contributed by atoms with Gasteiger partial charge in [0.2, 0.25) is 0 Å². The van der Waals surface area contributed by atoms with E-state index in [9.17, 15) is 9.59 Å². The number of esters is 1. The van der Waals surface area contributed by atoms with Gasteiger partial charge in [0.1, 0.15) is 0 Å². The first-order chi connectivity index (χ1) is 10.2. The molecule has 0 aliphatic carbocycles. The number of piperidine rings is 1. The summed E-state index contributed by atoms with van der Waals surface area (Å²) in [5.74, 6) is -0.467. The molecule has 0 saturated carbocycles. The van der Waals surface area contributed by atoms with Crippen LogP contribution in [0.2, 0.25) is 0 Å². The van der Waals surface area contributed by atoms with Gasteiger partial charge in [-0.2, -0.15) is 0 Å². The van der Waals surface area contributed by atoms with E-state index < -0.39 is 0 Å². The molecule has 1 aliphatic rings. The first-order valence-electron chi connectivity index (χ1n) is 7.14. The monoisotopic (exact) mass is 286 g/mol. The van der Waals surface area contributed by atoms with Crippen molar-refractivity contribution in [3.8, 4) is 0 Å². The van der Waals surface area contributed by atoms with Gasteiger partial charge in [-0.05, 0) is 18.9 Å². The molecule has 1 atom stereocenters. The van der Waals surface area contributed by atoms with Crippen LogP contribution in [-0.4, -0.2) is 42.0 Å². The van der Waals surface area contributed by atoms with E-state index in [-0.39, 0.29) is 17.8 Å². The predicted octanol–water partition coefficient (Wildman–Crippen LogP) is 2.19. The Labute approximate surface area is 122 Å². The summed E-state index contributed by atoms with van der Waals surface area (Å²) in [5, 5.41) is 0.919. The highest BCUT2D eigenvalue weighted by atomic mass is 16.5. The zero-order valence-electron chi connectivity index (χ0n) is 12.0. The highest BCUT2D eigenvalue weighted by molar-refractivity contribution is 6.06. The third-order valence-electron chi connectivity index (χ3n) is 4.06. The second kappa shape index (κ2) is 5.60. The molecule has 1 fully saturated rings. The molecule has 1 unspecified atom stereocenters. The number of methoxy groups -OCH3 is 1. The lowest BCUT2D eigenvalue weighted by molar-refractivity contribution is -0.146. The van der Waals surface area contributed by atoms with Crippen molar-refractivity contribution in [3.63, 3.8) is 0 Å². The Kier molecular flexibility index (Phi) is 3.64. The summed E-state index contributed by atoms with van der Waals surface area (Å²) in [5.41, 5.74) is 1.61. The number of H-pyrrole nitrogens is 1. The van der Waals surface area contributed by atoms with Gasteiger partial charge < -0.3 is 14.6 Å². The van der Waals surface area contributed by atoms with Crippen molar-refractivity contribution in [1.82, 2.24) is 9.88 Å². The van der Waals surface area contributed by atoms with Crippen molar-refractivity contribution in [2.24, 2.45) is 5.92 Å². The van der Waals surface area contributed by atoms with E-state index in [1.54, 1.807) is 11.1 Å². The second-order valence-electron chi connectivity index (χ2n) is 5.36. The van der Waals surface area contributed by atoms with Crippen LogP contribution in [0.15, 0.2) is 30.5 Å². The first kappa shape index (κ1) is 13.7. The SMILES string of the molecule is COC(=O)C1CCCN(C(=O)c2c[nH]c3ccccc23)C1. The topological polar surface area (TPSA) is 62.4 Å². The fourth-order valence-corrected chi connectivity index (χ4v) is 2.94. The minimum absolute atomic E-state index is 0.0268. The van der Waals surface area contributed by atoms with Crippen molar-refractivity contribution in [2.45, 2.75) is 12.8 Å². The molecule has 1 aromatic carbocycles. The lowest BCUT2D eigenvalue weighted by Gasteiger charge is -2.31. The molecule has 5 nitrogen and oxygen atoms in total. The zero-order valence-corrected chi connectivity index (χ0v) is 12.0. The van der Waals surface area contributed by atoms with Crippen molar-refractivity contribution in [1.29, 1.82) is 0 Å². The molecule has 2 heterocycles. The number of rotatable bonds is 2. The third-order valence-corrected chi connectivity index (χ3v) is 4.06. The molecule has 21 heavy (non-hydrogen) atoms. The highest BCUT2D eigenvalue weighted by Crippen LogP contribution is 2.23. The first-order valence-corrected chi connectivity index (χ1v) is 7.14. The Bertz CT molecular complexity index is 677. The van der Waals surface area contributed by atoms with Gasteiger partial charge in [-0.25, -0.2) is 0 Å². The Morgan fingerprint density at radius 1 is 1.33 bits per heavy atom. The molecule has 1 aliphatic heterocycles. The summed E-state index contributed by atoms with van der Waals surface area (Å²) < 4.78 is 4.80. The van der Waals surface area contributed by atoms with Crippen LogP contribution in [0.5, 0.6) is 0 Å². The van der Waals surface area contributed by atoms with Crippen LogP contribution < -0.4 is 0 Å². The maximum Gasteiger partial charge on any atom is 0.310 e. The highest BCUT2D eigenvalue weighted by Gasteiger charge is 2.30. The van der Waals surface area contributed by atoms with E-state index in [0.29, 0.717) is 18.7 Å². The normalized spacial score (nSPS) is 18.7. The minimum Gasteiger partial charge on any atom is -0.469 e. The number of ether oxygens (including phenoxy) is 1. The van der Waals surface area contributed by atoms with Crippen LogP contribution in [-0.2, 0) is 9.53 Å². The van der Waals surface area contributed by atoms with E-state index in [1.165, 1.54) is 7.11 Å². The van der Waals surface area contributed by atoms with Gasteiger partial charge in [0.25, 0.3) is 5.91 Å². The van der Waals surface area contributed by atoms with Crippen LogP contribution >= 0.6 is 0 Å². The molecule has 0 bridgehead atoms. The van der Waals surface area contributed by atoms with Crippen LogP contribution in [0.25, 0.3) is 10.9 Å². The summed E-state index contributed by atoms with van der Waals surface area (Å²) in [6, 6.07) is 7.72. The summed E-state index contributed by atoms with van der Waals surface area (Å²) >= 11 is 0. The van der Waals surface area contributed by atoms with Crippen LogP contribution in [0, 0.1) is 5.92 Å². The summed E-state index contributed by atoms with van der Waals surface area (Å²) in [7, 11) is 1.39. The fraction of sp³-hybridized carbons (Fsp3) is 0.375. The van der Waals surface area contributed by atoms with E-state index in [0.717, 1.165) is 23.7 Å². The van der Waals surface area contributed by atoms with Crippen LogP contribution in [0.1, 0.15) is 23.2 Å². The fourth-order valence-electron chi connectivity index (χ4n) is 2.94. The number of para-hydroxylation sites is 1. The summed E-state index contributed by atoms with van der Waals surface area (Å²) in [4.78, 5) is 29.2. The molecule has 0 spiro atoms. The van der Waals surface area contributed by atoms with Crippen LogP contribution in [0.3, 0.4) is 0 Å². The number of nitrogens with one attached hydrogen (secondary N) is 1. The molecule has 5 heteroatoms. The largest absolute Gasteiger partial charge is 0.469 e. The Morgan fingerprint density at radius 2 is 2.14 bits per heavy atom. The number of hydrogen-bond donors (Lipinski definition) is 1. The maximum atomic E-state index is 12.7. The number of benzene rings is 1. The number of aromatic amines is 1. The van der Waals surface area contributed by atoms with E-state index in [2.05, 4.69) is 4.98 Å². The number of fused-ring (bicyclic) bond motifs is 1. The average Bonchev–Trinajstić information content (AvgIpc) is 2.97. The van der Waals surface area contributed by atoms with Crippen molar-refractivity contribution in [3.05, 3.63) is 36.0 Å². The standard InChI is InChI=1S/C16H18N2O3/c1-21-16(20)11-5-4-8-18(10-11)15(19)13-9-17-14-7-3-2-6-12(13)14/h2-3,6-7,9,11,17H,4-5,8,10H2,1H3. The molecule has 0 radical (unpaired) electrons. The molecule has 1 saturated heterocycles. The van der Waals surface area contributed by atoms with Crippen molar-refractivity contribution in [2.75, 3.05) is 20.2 Å². The number of nitrogens with zero attached hydrogens (tertiary/aromatic N) is 1. The quantitative estimate of drug-likeness (QED) is 0.861. The van der Waals surface area contributed by atoms with Gasteiger partial charge in [0, 0.05) is 30.2 Å². The Hall–Kier alpha value is -2.30. The number of aromatic nitrogens is 1. The molecule has 1 aromatic heterocycles. The molecule has 2 aromatic rings. The van der Waals surface area contributed by atoms with E-state index in [4.69, 9.17) is 4.74 Å². The number of amides is 1. The van der Waals surface area contributed by atoms with Gasteiger partial charge in [-0.3, -0.25) is 9.59 Å². The maximum absolute atomic E-state index is 12.7. The molecule has 1 amide bonds. The Morgan fingerprint density at radius 3 is 2.95 bits per heavy atom. The van der Waals surface area contributed by atoms with Gasteiger partial charge in [0.15, 0.2) is 0 Å². The van der Waals surface area contributed by atoms with E-state index >= 15 is 0 Å². The van der Waals surface area contributed by atoms with Gasteiger partial charge >= 0.3 is 5.97 Å². The van der Waals surface area contributed by atoms with E-state index in [1.807, 2.05) is 24.3 Å². The van der Waals surface area contributed by atoms with Gasteiger partial charge in [-0.1, -0.05) is 18.2 Å². The number of carbonyl (C=O) groups is 2. The Balaban J connectivity index is 1.83. The summed E-state index contributed by atoms with van der Waals surface area (Å²) in [6.07, 6.45) is 3.35. The zero-order chi connectivity index (χ0) is 14.8. The van der Waals surface area contributed by atoms with Crippen LogP contribution in [0.4, 0.5) is 0 Å². The lowest BCUT2D eigenvalue weighted by Crippen LogP contribution is -2.42. The summed E-state index contributed by atoms with van der Waals surface area (Å²) in [6.45, 7) is 1.12. The number of likely N-dealkylation sites (tertiary alicyclic amines) is 1. The molecule has 3 rings (SSSR count). The molecule has 1 N–H and O–H groups in total. The average molecular weight is 286 g/mol. The molecular weight excluding hydrogens is 268 g/mol. The third kappa shape index (κ3) is 2.51. The number of carbonyl (C=O) groups excluding carboxylic acids is 2. The molecular formula is C16H18N2O3.